The summed E-state index contributed by atoms with van der Waals surface area (Å²) in [7, 11) is 0. The zero-order chi connectivity index (χ0) is 20.3. The van der Waals surface area contributed by atoms with E-state index >= 15 is 0 Å². The van der Waals surface area contributed by atoms with E-state index in [0.29, 0.717) is 21.4 Å². The number of urea groups is 1. The molecule has 2 aromatic carbocycles. The maximum Gasteiger partial charge on any atom is 0.325 e. The zero-order valence-corrected chi connectivity index (χ0v) is 17.0. The van der Waals surface area contributed by atoms with Crippen LogP contribution in [0, 0.1) is 27.7 Å². The van der Waals surface area contributed by atoms with Crippen molar-refractivity contribution in [3.63, 3.8) is 0 Å². The summed E-state index contributed by atoms with van der Waals surface area (Å²) in [6.45, 7) is 7.65. The molecule has 144 valence electrons. The molecule has 3 amide bonds. The predicted octanol–water partition coefficient (Wildman–Crippen LogP) is 5.27. The molecule has 0 bridgehead atoms. The maximum atomic E-state index is 12.6. The number of aromatic nitrogens is 1. The molecule has 0 fully saturated rings. The smallest absolute Gasteiger partial charge is 0.321 e. The fourth-order valence-electron chi connectivity index (χ4n) is 2.78. The summed E-state index contributed by atoms with van der Waals surface area (Å²) in [5.74, 6) is -0.242. The van der Waals surface area contributed by atoms with Crippen molar-refractivity contribution in [2.75, 3.05) is 16.0 Å². The Bertz CT molecular complexity index is 1040. The molecular weight excluding hydrogens is 372 g/mol. The first-order valence-corrected chi connectivity index (χ1v) is 9.64. The van der Waals surface area contributed by atoms with Crippen LogP contribution in [0.15, 0.2) is 42.5 Å². The molecule has 0 spiro atoms. The summed E-state index contributed by atoms with van der Waals surface area (Å²) in [4.78, 5) is 29.6. The second-order valence-corrected chi connectivity index (χ2v) is 7.65. The SMILES string of the molecule is Cc1cccc(NC(=O)Nc2nc(C)c(C(=O)Nc3ccc(C)cc3C)s2)c1. The Kier molecular flexibility index (Phi) is 5.75. The van der Waals surface area contributed by atoms with E-state index in [2.05, 4.69) is 20.9 Å². The fraction of sp³-hybridized carbons (Fsp3) is 0.190. The van der Waals surface area contributed by atoms with E-state index in [1.165, 1.54) is 0 Å². The average molecular weight is 395 g/mol. The number of carbonyl (C=O) groups excluding carboxylic acids is 2. The molecule has 0 saturated carbocycles. The molecule has 3 N–H and O–H groups in total. The Hall–Kier alpha value is -3.19. The normalized spacial score (nSPS) is 10.4. The van der Waals surface area contributed by atoms with Crippen molar-refractivity contribution in [2.45, 2.75) is 27.7 Å². The molecule has 1 aromatic heterocycles. The van der Waals surface area contributed by atoms with E-state index in [1.807, 2.05) is 63.2 Å². The standard InChI is InChI=1S/C21H22N4O2S/c1-12-6-5-7-16(11-12)23-20(27)25-21-22-15(4)18(28-21)19(26)24-17-9-8-13(2)10-14(17)3/h5-11H,1-4H3,(H,24,26)(H2,22,23,25,27). The molecule has 7 heteroatoms. The first kappa shape index (κ1) is 19.6. The second kappa shape index (κ2) is 8.22. The van der Waals surface area contributed by atoms with Gasteiger partial charge in [0.15, 0.2) is 5.13 Å². The Morgan fingerprint density at radius 3 is 2.36 bits per heavy atom. The van der Waals surface area contributed by atoms with Crippen molar-refractivity contribution >= 4 is 39.8 Å². The van der Waals surface area contributed by atoms with Gasteiger partial charge >= 0.3 is 6.03 Å². The van der Waals surface area contributed by atoms with E-state index in [0.717, 1.165) is 33.7 Å². The second-order valence-electron chi connectivity index (χ2n) is 6.65. The molecule has 0 aliphatic carbocycles. The Morgan fingerprint density at radius 2 is 1.64 bits per heavy atom. The van der Waals surface area contributed by atoms with Crippen molar-refractivity contribution in [1.29, 1.82) is 0 Å². The number of thiazole rings is 1. The third-order valence-electron chi connectivity index (χ3n) is 4.13. The monoisotopic (exact) mass is 394 g/mol. The number of amides is 3. The summed E-state index contributed by atoms with van der Waals surface area (Å²) in [6, 6.07) is 12.9. The molecule has 6 nitrogen and oxygen atoms in total. The molecule has 0 atom stereocenters. The van der Waals surface area contributed by atoms with Gasteiger partial charge in [-0.3, -0.25) is 10.1 Å². The van der Waals surface area contributed by atoms with E-state index < -0.39 is 6.03 Å². The highest BCUT2D eigenvalue weighted by Gasteiger charge is 2.17. The Morgan fingerprint density at radius 1 is 0.893 bits per heavy atom. The van der Waals surface area contributed by atoms with Gasteiger partial charge in [0.25, 0.3) is 5.91 Å². The molecule has 3 aromatic rings. The molecule has 3 rings (SSSR count). The highest BCUT2D eigenvalue weighted by molar-refractivity contribution is 7.17. The largest absolute Gasteiger partial charge is 0.325 e. The number of hydrogen-bond donors (Lipinski definition) is 3. The van der Waals surface area contributed by atoms with E-state index in [9.17, 15) is 9.59 Å². The lowest BCUT2D eigenvalue weighted by molar-refractivity contribution is 0.102. The van der Waals surface area contributed by atoms with Gasteiger partial charge in [-0.2, -0.15) is 0 Å². The van der Waals surface area contributed by atoms with Gasteiger partial charge in [0.05, 0.1) is 5.69 Å². The van der Waals surface area contributed by atoms with Crippen molar-refractivity contribution < 1.29 is 9.59 Å². The number of anilines is 3. The molecule has 0 radical (unpaired) electrons. The first-order valence-electron chi connectivity index (χ1n) is 8.82. The van der Waals surface area contributed by atoms with Crippen molar-refractivity contribution in [2.24, 2.45) is 0 Å². The number of rotatable bonds is 4. The lowest BCUT2D eigenvalue weighted by atomic mass is 10.1. The summed E-state index contributed by atoms with van der Waals surface area (Å²) >= 11 is 1.14. The minimum atomic E-state index is -0.402. The lowest BCUT2D eigenvalue weighted by Gasteiger charge is -2.08. The third-order valence-corrected chi connectivity index (χ3v) is 5.20. The molecule has 1 heterocycles. The van der Waals surface area contributed by atoms with Crippen LogP contribution in [-0.4, -0.2) is 16.9 Å². The van der Waals surface area contributed by atoms with Gasteiger partial charge in [-0.25, -0.2) is 9.78 Å². The van der Waals surface area contributed by atoms with Crippen molar-refractivity contribution in [1.82, 2.24) is 4.98 Å². The lowest BCUT2D eigenvalue weighted by Crippen LogP contribution is -2.19. The Balaban J connectivity index is 1.68. The highest BCUT2D eigenvalue weighted by Crippen LogP contribution is 2.25. The fourth-order valence-corrected chi connectivity index (χ4v) is 3.63. The van der Waals surface area contributed by atoms with E-state index in [-0.39, 0.29) is 5.91 Å². The molecule has 0 aliphatic heterocycles. The summed E-state index contributed by atoms with van der Waals surface area (Å²) in [5, 5.41) is 8.72. The minimum absolute atomic E-state index is 0.242. The number of benzene rings is 2. The summed E-state index contributed by atoms with van der Waals surface area (Å²) < 4.78 is 0. The van der Waals surface area contributed by atoms with Gasteiger partial charge in [-0.1, -0.05) is 41.2 Å². The topological polar surface area (TPSA) is 83.1 Å². The van der Waals surface area contributed by atoms with Gasteiger partial charge in [0, 0.05) is 11.4 Å². The van der Waals surface area contributed by atoms with Gasteiger partial charge < -0.3 is 10.6 Å². The van der Waals surface area contributed by atoms with Gasteiger partial charge in [-0.05, 0) is 57.0 Å². The van der Waals surface area contributed by atoms with Gasteiger partial charge in [0.1, 0.15) is 4.88 Å². The summed E-state index contributed by atoms with van der Waals surface area (Å²) in [5.41, 5.74) is 5.20. The van der Waals surface area contributed by atoms with Gasteiger partial charge in [0.2, 0.25) is 0 Å². The summed E-state index contributed by atoms with van der Waals surface area (Å²) in [6.07, 6.45) is 0. The van der Waals surface area contributed by atoms with E-state index in [4.69, 9.17) is 0 Å². The van der Waals surface area contributed by atoms with Crippen LogP contribution in [0.25, 0.3) is 0 Å². The molecule has 28 heavy (non-hydrogen) atoms. The average Bonchev–Trinajstić information content (AvgIpc) is 2.97. The van der Waals surface area contributed by atoms with Crippen LogP contribution in [0.5, 0.6) is 0 Å². The van der Waals surface area contributed by atoms with Crippen LogP contribution in [0.2, 0.25) is 0 Å². The Labute approximate surface area is 168 Å². The maximum absolute atomic E-state index is 12.6. The number of aryl methyl sites for hydroxylation is 4. The number of nitrogens with one attached hydrogen (secondary N) is 3. The van der Waals surface area contributed by atoms with Crippen molar-refractivity contribution in [3.05, 3.63) is 69.7 Å². The molecule has 0 saturated heterocycles. The molecular formula is C21H22N4O2S. The van der Waals surface area contributed by atoms with Crippen LogP contribution >= 0.6 is 11.3 Å². The highest BCUT2D eigenvalue weighted by atomic mass is 32.1. The number of nitrogens with zero attached hydrogens (tertiary/aromatic N) is 1. The van der Waals surface area contributed by atoms with Crippen LogP contribution in [-0.2, 0) is 0 Å². The quantitative estimate of drug-likeness (QED) is 0.563. The van der Waals surface area contributed by atoms with Crippen LogP contribution in [0.3, 0.4) is 0 Å². The van der Waals surface area contributed by atoms with Crippen molar-refractivity contribution in [3.8, 4) is 0 Å². The molecule has 0 unspecified atom stereocenters. The predicted molar refractivity (Wildman–Crippen MR) is 115 cm³/mol. The zero-order valence-electron chi connectivity index (χ0n) is 16.2. The number of hydrogen-bond acceptors (Lipinski definition) is 4. The van der Waals surface area contributed by atoms with Crippen LogP contribution in [0.1, 0.15) is 32.1 Å². The minimum Gasteiger partial charge on any atom is -0.321 e. The van der Waals surface area contributed by atoms with Crippen LogP contribution in [0.4, 0.5) is 21.3 Å². The van der Waals surface area contributed by atoms with E-state index in [1.54, 1.807) is 6.92 Å². The van der Waals surface area contributed by atoms with Crippen LogP contribution < -0.4 is 16.0 Å². The van der Waals surface area contributed by atoms with Gasteiger partial charge in [-0.15, -0.1) is 0 Å². The number of carbonyl (C=O) groups is 2. The first-order chi connectivity index (χ1) is 13.3. The molecule has 0 aliphatic rings. The third kappa shape index (κ3) is 4.75.